The van der Waals surface area contributed by atoms with Gasteiger partial charge in [-0.25, -0.2) is 17.2 Å². The van der Waals surface area contributed by atoms with Gasteiger partial charge in [0.05, 0.1) is 6.54 Å². The van der Waals surface area contributed by atoms with Gasteiger partial charge in [0.25, 0.3) is 0 Å². The second kappa shape index (κ2) is 10.1. The molecule has 0 radical (unpaired) electrons. The number of nitrogens with zero attached hydrogens (tertiary/aromatic N) is 2. The molecule has 4 rings (SSSR count). The van der Waals surface area contributed by atoms with Gasteiger partial charge in [0.15, 0.2) is 10.7 Å². The van der Waals surface area contributed by atoms with Crippen LogP contribution >= 0.6 is 0 Å². The van der Waals surface area contributed by atoms with Crippen molar-refractivity contribution in [2.45, 2.75) is 38.1 Å². The van der Waals surface area contributed by atoms with Crippen molar-refractivity contribution in [1.82, 2.24) is 14.8 Å². The zero-order chi connectivity index (χ0) is 25.2. The molecule has 35 heavy (non-hydrogen) atoms. The minimum atomic E-state index is -3.98. The molecular weight excluding hydrogens is 480 g/mol. The summed E-state index contributed by atoms with van der Waals surface area (Å²) in [5.41, 5.74) is 0.234. The lowest BCUT2D eigenvalue weighted by Gasteiger charge is -2.30. The van der Waals surface area contributed by atoms with Crippen LogP contribution in [0.15, 0.2) is 44.2 Å². The first-order valence-corrected chi connectivity index (χ1v) is 12.5. The lowest BCUT2D eigenvalue weighted by Crippen LogP contribution is -2.43. The standard InChI is InChI=1S/C24H25F2N3O5S/c1-15-3-7-20(33-15)14-27-24(30)18-9-11-29(12-10-18)35(31,32)23-16(2)28-34-22(23)8-5-17-4-6-19(25)13-21(17)26/h3-8,13,18H,9-12,14H2,1-2H3,(H,27,30). The monoisotopic (exact) mass is 505 g/mol. The van der Waals surface area contributed by atoms with Crippen molar-refractivity contribution in [3.63, 3.8) is 0 Å². The summed E-state index contributed by atoms with van der Waals surface area (Å²) in [5.74, 6) is -0.617. The molecule has 1 fully saturated rings. The zero-order valence-corrected chi connectivity index (χ0v) is 20.1. The fraction of sp³-hybridized carbons (Fsp3) is 0.333. The van der Waals surface area contributed by atoms with Gasteiger partial charge in [-0.1, -0.05) is 5.16 Å². The van der Waals surface area contributed by atoms with E-state index in [2.05, 4.69) is 10.5 Å². The van der Waals surface area contributed by atoms with Gasteiger partial charge in [-0.3, -0.25) is 4.79 Å². The molecule has 0 saturated carbocycles. The number of piperidine rings is 1. The lowest BCUT2D eigenvalue weighted by molar-refractivity contribution is -0.126. The number of nitrogens with one attached hydrogen (secondary N) is 1. The number of carbonyl (C=O) groups is 1. The summed E-state index contributed by atoms with van der Waals surface area (Å²) in [6.07, 6.45) is 3.31. The average molecular weight is 506 g/mol. The van der Waals surface area contributed by atoms with Crippen molar-refractivity contribution in [3.8, 4) is 0 Å². The Bertz CT molecular complexity index is 1360. The Morgan fingerprint density at radius 2 is 1.91 bits per heavy atom. The highest BCUT2D eigenvalue weighted by molar-refractivity contribution is 7.89. The molecule has 11 heteroatoms. The smallest absolute Gasteiger partial charge is 0.248 e. The van der Waals surface area contributed by atoms with E-state index in [1.165, 1.54) is 29.4 Å². The number of rotatable bonds is 7. The number of hydrogen-bond donors (Lipinski definition) is 1. The largest absolute Gasteiger partial charge is 0.465 e. The highest BCUT2D eigenvalue weighted by Crippen LogP contribution is 2.29. The van der Waals surface area contributed by atoms with Crippen molar-refractivity contribution in [2.24, 2.45) is 5.92 Å². The number of halogens is 2. The van der Waals surface area contributed by atoms with E-state index in [1.54, 1.807) is 6.07 Å². The normalized spacial score (nSPS) is 15.7. The van der Waals surface area contributed by atoms with Gasteiger partial charge in [-0.2, -0.15) is 4.31 Å². The summed E-state index contributed by atoms with van der Waals surface area (Å²) in [6, 6.07) is 6.68. The number of hydrogen-bond acceptors (Lipinski definition) is 6. The number of carbonyl (C=O) groups excluding carboxylic acids is 1. The summed E-state index contributed by atoms with van der Waals surface area (Å²) >= 11 is 0. The Hall–Kier alpha value is -3.31. The summed E-state index contributed by atoms with van der Waals surface area (Å²) < 4.78 is 65.7. The second-order valence-electron chi connectivity index (χ2n) is 8.37. The molecule has 3 aromatic rings. The van der Waals surface area contributed by atoms with Crippen LogP contribution in [0.1, 0.15) is 41.4 Å². The third kappa shape index (κ3) is 5.51. The van der Waals surface area contributed by atoms with E-state index >= 15 is 0 Å². The zero-order valence-electron chi connectivity index (χ0n) is 19.3. The van der Waals surface area contributed by atoms with Crippen molar-refractivity contribution in [1.29, 1.82) is 0 Å². The van der Waals surface area contributed by atoms with Gasteiger partial charge in [-0.05, 0) is 63.1 Å². The number of aryl methyl sites for hydroxylation is 2. The molecule has 1 aromatic carbocycles. The number of amides is 1. The third-order valence-electron chi connectivity index (χ3n) is 5.87. The Morgan fingerprint density at radius 3 is 2.57 bits per heavy atom. The fourth-order valence-electron chi connectivity index (χ4n) is 3.99. The Morgan fingerprint density at radius 1 is 1.17 bits per heavy atom. The quantitative estimate of drug-likeness (QED) is 0.519. The van der Waals surface area contributed by atoms with Crippen LogP contribution in [0.5, 0.6) is 0 Å². The van der Waals surface area contributed by atoms with Crippen LogP contribution < -0.4 is 5.32 Å². The summed E-state index contributed by atoms with van der Waals surface area (Å²) in [4.78, 5) is 12.4. The second-order valence-corrected chi connectivity index (χ2v) is 10.2. The number of furan rings is 1. The molecule has 0 aliphatic carbocycles. The molecule has 1 N–H and O–H groups in total. The first-order chi connectivity index (χ1) is 16.6. The van der Waals surface area contributed by atoms with Crippen LogP contribution in [0, 0.1) is 31.4 Å². The molecule has 2 aromatic heterocycles. The van der Waals surface area contributed by atoms with Crippen molar-refractivity contribution in [3.05, 3.63) is 70.5 Å². The van der Waals surface area contributed by atoms with Crippen LogP contribution in [0.2, 0.25) is 0 Å². The maximum absolute atomic E-state index is 13.9. The van der Waals surface area contributed by atoms with E-state index in [0.717, 1.165) is 17.9 Å². The van der Waals surface area contributed by atoms with Crippen molar-refractivity contribution in [2.75, 3.05) is 13.1 Å². The van der Waals surface area contributed by atoms with E-state index in [9.17, 15) is 22.0 Å². The van der Waals surface area contributed by atoms with Crippen molar-refractivity contribution >= 4 is 28.1 Å². The van der Waals surface area contributed by atoms with Crippen LogP contribution in [0.25, 0.3) is 12.2 Å². The minimum Gasteiger partial charge on any atom is -0.465 e. The molecule has 8 nitrogen and oxygen atoms in total. The fourth-order valence-corrected chi connectivity index (χ4v) is 5.71. The van der Waals surface area contributed by atoms with Gasteiger partial charge >= 0.3 is 0 Å². The summed E-state index contributed by atoms with van der Waals surface area (Å²) in [5, 5.41) is 6.60. The lowest BCUT2D eigenvalue weighted by atomic mass is 9.97. The molecule has 0 atom stereocenters. The summed E-state index contributed by atoms with van der Waals surface area (Å²) in [7, 11) is -3.98. The predicted octanol–water partition coefficient (Wildman–Crippen LogP) is 4.05. The Labute approximate surface area is 201 Å². The molecule has 0 spiro atoms. The molecule has 186 valence electrons. The molecule has 1 amide bonds. The van der Waals surface area contributed by atoms with E-state index in [4.69, 9.17) is 8.94 Å². The number of sulfonamides is 1. The van der Waals surface area contributed by atoms with E-state index < -0.39 is 21.7 Å². The SMILES string of the molecule is Cc1ccc(CNC(=O)C2CCN(S(=O)(=O)c3c(C)noc3C=Cc3ccc(F)cc3F)CC2)o1. The highest BCUT2D eigenvalue weighted by Gasteiger charge is 2.35. The first kappa shape index (κ1) is 24.8. The summed E-state index contributed by atoms with van der Waals surface area (Å²) in [6.45, 7) is 3.90. The van der Waals surface area contributed by atoms with Crippen molar-refractivity contribution < 1.29 is 30.9 Å². The maximum Gasteiger partial charge on any atom is 0.248 e. The molecular formula is C24H25F2N3O5S. The van der Waals surface area contributed by atoms with Gasteiger partial charge in [0.1, 0.15) is 28.8 Å². The molecule has 1 aliphatic rings. The van der Waals surface area contributed by atoms with E-state index in [-0.39, 0.29) is 53.4 Å². The molecule has 0 unspecified atom stereocenters. The van der Waals surface area contributed by atoms with Crippen LogP contribution in [-0.2, 0) is 21.4 Å². The topological polar surface area (TPSA) is 106 Å². The number of benzene rings is 1. The molecule has 0 bridgehead atoms. The highest BCUT2D eigenvalue weighted by atomic mass is 32.2. The first-order valence-electron chi connectivity index (χ1n) is 11.1. The molecule has 1 saturated heterocycles. The Kier molecular flexibility index (Phi) is 7.18. The molecule has 3 heterocycles. The predicted molar refractivity (Wildman–Crippen MR) is 123 cm³/mol. The third-order valence-corrected chi connectivity index (χ3v) is 7.92. The van der Waals surface area contributed by atoms with Crippen LogP contribution in [-0.4, -0.2) is 36.9 Å². The van der Waals surface area contributed by atoms with Crippen LogP contribution in [0.3, 0.4) is 0 Å². The average Bonchev–Trinajstić information content (AvgIpc) is 3.42. The van der Waals surface area contributed by atoms with Gasteiger partial charge in [-0.15, -0.1) is 0 Å². The number of aromatic nitrogens is 1. The minimum absolute atomic E-state index is 0.0557. The van der Waals surface area contributed by atoms with Gasteiger partial charge < -0.3 is 14.3 Å². The van der Waals surface area contributed by atoms with Crippen LogP contribution in [0.4, 0.5) is 8.78 Å². The van der Waals surface area contributed by atoms with E-state index in [1.807, 2.05) is 13.0 Å². The van der Waals surface area contributed by atoms with Gasteiger partial charge in [0.2, 0.25) is 15.9 Å². The van der Waals surface area contributed by atoms with E-state index in [0.29, 0.717) is 18.6 Å². The molecule has 1 aliphatic heterocycles. The van der Waals surface area contributed by atoms with Gasteiger partial charge in [0, 0.05) is 30.6 Å². The Balaban J connectivity index is 1.42. The maximum atomic E-state index is 13.9.